The smallest absolute Gasteiger partial charge is 0.433 e. The summed E-state index contributed by atoms with van der Waals surface area (Å²) >= 11 is 0.652. The molecule has 0 spiro atoms. The number of hydrogen-bond donors (Lipinski definition) is 1. The standard InChI is InChI=1S/C10H9F3N2O3S/c1-18-7(16)4-19-9-5(8(14)17)2-3-6(15-9)10(11,12)13/h2-3H,4H2,1H3,(H2,14,17). The molecule has 0 atom stereocenters. The summed E-state index contributed by atoms with van der Waals surface area (Å²) in [5.74, 6) is -1.85. The predicted molar refractivity (Wildman–Crippen MR) is 60.5 cm³/mol. The van der Waals surface area contributed by atoms with Crippen molar-refractivity contribution in [3.05, 3.63) is 23.4 Å². The molecular weight excluding hydrogens is 285 g/mol. The van der Waals surface area contributed by atoms with Gasteiger partial charge in [-0.15, -0.1) is 0 Å². The number of carbonyl (C=O) groups excluding carboxylic acids is 2. The molecule has 1 rings (SSSR count). The molecule has 0 aromatic carbocycles. The van der Waals surface area contributed by atoms with Crippen LogP contribution in [0.25, 0.3) is 0 Å². The van der Waals surface area contributed by atoms with Crippen molar-refractivity contribution in [3.63, 3.8) is 0 Å². The molecule has 0 radical (unpaired) electrons. The quantitative estimate of drug-likeness (QED) is 0.671. The minimum absolute atomic E-state index is 0.179. The van der Waals surface area contributed by atoms with E-state index in [4.69, 9.17) is 5.73 Å². The normalized spacial score (nSPS) is 11.2. The molecule has 0 aliphatic rings. The highest BCUT2D eigenvalue weighted by molar-refractivity contribution is 8.00. The van der Waals surface area contributed by atoms with E-state index in [1.165, 1.54) is 0 Å². The summed E-state index contributed by atoms with van der Waals surface area (Å²) < 4.78 is 41.8. The van der Waals surface area contributed by atoms with Crippen molar-refractivity contribution in [2.75, 3.05) is 12.9 Å². The van der Waals surface area contributed by atoms with Crippen molar-refractivity contribution in [1.82, 2.24) is 4.98 Å². The Kier molecular flexibility index (Phi) is 4.76. The number of thioether (sulfide) groups is 1. The molecule has 1 aromatic heterocycles. The number of nitrogens with two attached hydrogens (primary N) is 1. The van der Waals surface area contributed by atoms with E-state index in [-0.39, 0.29) is 16.3 Å². The molecule has 0 aliphatic carbocycles. The molecular formula is C10H9F3N2O3S. The van der Waals surface area contributed by atoms with E-state index in [9.17, 15) is 22.8 Å². The second kappa shape index (κ2) is 5.91. The SMILES string of the molecule is COC(=O)CSc1nc(C(F)(F)F)ccc1C(N)=O. The van der Waals surface area contributed by atoms with E-state index in [1.807, 2.05) is 0 Å². The van der Waals surface area contributed by atoms with Gasteiger partial charge >= 0.3 is 12.1 Å². The molecule has 104 valence electrons. The molecule has 2 N–H and O–H groups in total. The van der Waals surface area contributed by atoms with E-state index in [1.54, 1.807) is 0 Å². The van der Waals surface area contributed by atoms with Crippen molar-refractivity contribution in [3.8, 4) is 0 Å². The summed E-state index contributed by atoms with van der Waals surface area (Å²) in [5, 5.41) is -0.257. The van der Waals surface area contributed by atoms with Gasteiger partial charge in [-0.2, -0.15) is 13.2 Å². The topological polar surface area (TPSA) is 82.3 Å². The minimum atomic E-state index is -4.64. The second-order valence-electron chi connectivity index (χ2n) is 3.28. The molecule has 0 unspecified atom stereocenters. The van der Waals surface area contributed by atoms with E-state index >= 15 is 0 Å². The predicted octanol–water partition coefficient (Wildman–Crippen LogP) is 1.46. The maximum Gasteiger partial charge on any atom is 0.433 e. The third kappa shape index (κ3) is 4.12. The number of hydrogen-bond acceptors (Lipinski definition) is 5. The average molecular weight is 294 g/mol. The van der Waals surface area contributed by atoms with Crippen LogP contribution >= 0.6 is 11.8 Å². The Bertz CT molecular complexity index is 505. The highest BCUT2D eigenvalue weighted by Gasteiger charge is 2.33. The zero-order valence-electron chi connectivity index (χ0n) is 9.65. The Morgan fingerprint density at radius 3 is 2.53 bits per heavy atom. The number of nitrogens with zero attached hydrogens (tertiary/aromatic N) is 1. The zero-order valence-corrected chi connectivity index (χ0v) is 10.5. The van der Waals surface area contributed by atoms with E-state index in [0.29, 0.717) is 17.8 Å². The van der Waals surface area contributed by atoms with Crippen molar-refractivity contribution in [1.29, 1.82) is 0 Å². The van der Waals surface area contributed by atoms with Crippen LogP contribution in [-0.4, -0.2) is 29.7 Å². The van der Waals surface area contributed by atoms with E-state index in [0.717, 1.165) is 13.2 Å². The van der Waals surface area contributed by atoms with Crippen molar-refractivity contribution < 1.29 is 27.5 Å². The average Bonchev–Trinajstić information content (AvgIpc) is 2.34. The third-order valence-corrected chi connectivity index (χ3v) is 2.94. The van der Waals surface area contributed by atoms with Crippen LogP contribution in [0, 0.1) is 0 Å². The van der Waals surface area contributed by atoms with Gasteiger partial charge in [0.25, 0.3) is 5.91 Å². The van der Waals surface area contributed by atoms with Crippen LogP contribution in [0.15, 0.2) is 17.2 Å². The van der Waals surface area contributed by atoms with Gasteiger partial charge in [-0.1, -0.05) is 11.8 Å². The molecule has 0 saturated carbocycles. The lowest BCUT2D eigenvalue weighted by molar-refractivity contribution is -0.141. The number of halogens is 3. The van der Waals surface area contributed by atoms with Gasteiger partial charge in [0.15, 0.2) is 0 Å². The highest BCUT2D eigenvalue weighted by Crippen LogP contribution is 2.30. The van der Waals surface area contributed by atoms with Gasteiger partial charge in [0.1, 0.15) is 10.7 Å². The maximum absolute atomic E-state index is 12.5. The molecule has 1 aromatic rings. The number of methoxy groups -OCH3 is 1. The third-order valence-electron chi connectivity index (χ3n) is 1.97. The Balaban J connectivity index is 3.09. The highest BCUT2D eigenvalue weighted by atomic mass is 32.2. The largest absolute Gasteiger partial charge is 0.468 e. The molecule has 0 fully saturated rings. The number of ether oxygens (including phenoxy) is 1. The van der Waals surface area contributed by atoms with Crippen LogP contribution in [0.2, 0.25) is 0 Å². The van der Waals surface area contributed by atoms with Gasteiger partial charge in [0.05, 0.1) is 18.4 Å². The summed E-state index contributed by atoms with van der Waals surface area (Å²) in [6.07, 6.45) is -4.64. The number of aromatic nitrogens is 1. The molecule has 19 heavy (non-hydrogen) atoms. The van der Waals surface area contributed by atoms with Crippen molar-refractivity contribution in [2.24, 2.45) is 5.73 Å². The molecule has 5 nitrogen and oxygen atoms in total. The van der Waals surface area contributed by atoms with Gasteiger partial charge in [-0.3, -0.25) is 9.59 Å². The molecule has 0 bridgehead atoms. The molecule has 1 amide bonds. The Morgan fingerprint density at radius 1 is 1.42 bits per heavy atom. The van der Waals surface area contributed by atoms with Crippen molar-refractivity contribution >= 4 is 23.6 Å². The number of rotatable bonds is 4. The molecule has 1 heterocycles. The van der Waals surface area contributed by atoms with E-state index in [2.05, 4.69) is 9.72 Å². The first kappa shape index (κ1) is 15.3. The summed E-state index contributed by atoms with van der Waals surface area (Å²) in [4.78, 5) is 25.3. The first-order chi connectivity index (χ1) is 8.75. The van der Waals surface area contributed by atoms with Gasteiger partial charge in [-0.05, 0) is 12.1 Å². The van der Waals surface area contributed by atoms with Crippen molar-refractivity contribution in [2.45, 2.75) is 11.2 Å². The Hall–Kier alpha value is -1.77. The lowest BCUT2D eigenvalue weighted by Gasteiger charge is -2.10. The summed E-state index contributed by atoms with van der Waals surface area (Å²) in [5.41, 5.74) is 3.68. The summed E-state index contributed by atoms with van der Waals surface area (Å²) in [6, 6.07) is 1.58. The minimum Gasteiger partial charge on any atom is -0.468 e. The fourth-order valence-electron chi connectivity index (χ4n) is 1.08. The number of pyridine rings is 1. The van der Waals surface area contributed by atoms with Gasteiger partial charge in [0, 0.05) is 0 Å². The first-order valence-electron chi connectivity index (χ1n) is 4.83. The number of primary amides is 1. The summed E-state index contributed by atoms with van der Waals surface area (Å²) in [6.45, 7) is 0. The maximum atomic E-state index is 12.5. The monoisotopic (exact) mass is 294 g/mol. The summed E-state index contributed by atoms with van der Waals surface area (Å²) in [7, 11) is 1.14. The van der Waals surface area contributed by atoms with Crippen LogP contribution in [0.3, 0.4) is 0 Å². The van der Waals surface area contributed by atoms with Gasteiger partial charge in [0.2, 0.25) is 0 Å². The number of alkyl halides is 3. The van der Waals surface area contributed by atoms with Gasteiger partial charge in [-0.25, -0.2) is 4.98 Å². The van der Waals surface area contributed by atoms with Crippen LogP contribution in [0.5, 0.6) is 0 Å². The molecule has 0 saturated heterocycles. The molecule has 0 aliphatic heterocycles. The van der Waals surface area contributed by atoms with Crippen LogP contribution in [0.1, 0.15) is 16.1 Å². The Morgan fingerprint density at radius 2 is 2.05 bits per heavy atom. The van der Waals surface area contributed by atoms with Crippen LogP contribution in [-0.2, 0) is 15.7 Å². The van der Waals surface area contributed by atoms with Gasteiger partial charge < -0.3 is 10.5 Å². The number of esters is 1. The molecule has 9 heteroatoms. The first-order valence-corrected chi connectivity index (χ1v) is 5.82. The fraction of sp³-hybridized carbons (Fsp3) is 0.300. The Labute approximate surface area is 110 Å². The van der Waals surface area contributed by atoms with E-state index < -0.39 is 23.7 Å². The lowest BCUT2D eigenvalue weighted by atomic mass is 10.2. The number of amides is 1. The van der Waals surface area contributed by atoms with Crippen LogP contribution in [0.4, 0.5) is 13.2 Å². The van der Waals surface area contributed by atoms with Crippen LogP contribution < -0.4 is 5.73 Å². The zero-order chi connectivity index (χ0) is 14.6. The number of carbonyl (C=O) groups is 2. The lowest BCUT2D eigenvalue weighted by Crippen LogP contribution is -2.16. The fourth-order valence-corrected chi connectivity index (χ4v) is 1.94. The second-order valence-corrected chi connectivity index (χ2v) is 4.24.